The molecule has 0 aliphatic rings. The molecule has 33 heavy (non-hydrogen) atoms. The third-order valence-electron chi connectivity index (χ3n) is 3.93. The summed E-state index contributed by atoms with van der Waals surface area (Å²) in [6.45, 7) is 6.43. The van der Waals surface area contributed by atoms with Crippen molar-refractivity contribution < 1.29 is 28.6 Å². The van der Waals surface area contributed by atoms with Gasteiger partial charge in [-0.15, -0.1) is 6.58 Å². The second kappa shape index (κ2) is 17.1. The molecule has 0 aliphatic heterocycles. The summed E-state index contributed by atoms with van der Waals surface area (Å²) in [7, 11) is 5.52. The normalized spacial score (nSPS) is 10.0. The molecule has 0 heterocycles. The van der Waals surface area contributed by atoms with Crippen molar-refractivity contribution in [1.82, 2.24) is 0 Å². The molecule has 0 atom stereocenters. The Hall–Kier alpha value is -1.35. The minimum atomic E-state index is -0.589. The molecule has 0 unspecified atom stereocenters. The Morgan fingerprint density at radius 1 is 1.03 bits per heavy atom. The van der Waals surface area contributed by atoms with Crippen LogP contribution in [0.1, 0.15) is 0 Å². The fraction of sp³-hybridized carbons (Fsp3) is 0.333. The zero-order valence-corrected chi connectivity index (χ0v) is 23.5. The van der Waals surface area contributed by atoms with Gasteiger partial charge in [-0.3, -0.25) is 0 Å². The van der Waals surface area contributed by atoms with Crippen molar-refractivity contribution in [3.63, 3.8) is 0 Å². The van der Waals surface area contributed by atoms with Crippen molar-refractivity contribution in [1.29, 1.82) is 0 Å². The van der Waals surface area contributed by atoms with E-state index < -0.39 is 7.05 Å². The van der Waals surface area contributed by atoms with E-state index in [-0.39, 0.29) is 13.6 Å². The zero-order valence-electron chi connectivity index (χ0n) is 19.2. The van der Waals surface area contributed by atoms with E-state index >= 15 is 0 Å². The number of anilines is 1. The number of ether oxygens (including phenoxy) is 4. The van der Waals surface area contributed by atoms with Gasteiger partial charge in [-0.25, -0.2) is 0 Å². The number of hydrogen-bond donors (Lipinski definition) is 1. The molecular weight excluding hydrogens is 652 g/mol. The van der Waals surface area contributed by atoms with Gasteiger partial charge in [0.15, 0.2) is 6.79 Å². The second-order valence-electron chi connectivity index (χ2n) is 6.32. The van der Waals surface area contributed by atoms with Crippen LogP contribution in [0.15, 0.2) is 53.9 Å². The van der Waals surface area contributed by atoms with Crippen LogP contribution in [0.5, 0.6) is 11.5 Å². The van der Waals surface area contributed by atoms with Crippen LogP contribution >= 0.6 is 45.2 Å². The first-order valence-corrected chi connectivity index (χ1v) is 12.0. The topological polar surface area (TPSA) is 82.0 Å². The number of halogens is 2. The molecule has 2 rings (SSSR count). The van der Waals surface area contributed by atoms with E-state index in [4.69, 9.17) is 23.6 Å². The maximum absolute atomic E-state index is 9.80. The Balaban J connectivity index is 0.000000335. The van der Waals surface area contributed by atoms with Gasteiger partial charge in [0, 0.05) is 19.3 Å². The number of hydrogen-bond acceptors (Lipinski definition) is 8. The molecule has 0 aromatic heterocycles. The van der Waals surface area contributed by atoms with Crippen LogP contribution in [-0.2, 0) is 14.1 Å². The standard InChI is InChI=1S/C12H17BINO3.C9H11BINO3/c1-4-8-15(13(2)16)10-6-5-7-11(12(10)14)18-9-17-3;1-13-6-15-8-5-3-4-7(9(8)11)12-10-14-2/h4-7,16H,1,8-9H2,2-3H3;3-5H,6H2,1-2H3. The van der Waals surface area contributed by atoms with E-state index in [9.17, 15) is 5.02 Å². The monoisotopic (exact) mass is 680 g/mol. The zero-order chi connectivity index (χ0) is 24.6. The maximum atomic E-state index is 9.80. The van der Waals surface area contributed by atoms with Crippen LogP contribution in [0.2, 0.25) is 6.82 Å². The SMILES string of the molecule is C=CCN(B(C)O)c1cccc(OCOC)c1I.COB=Nc1cccc(OCOC)c1I. The minimum absolute atomic E-state index is 0.204. The van der Waals surface area contributed by atoms with Gasteiger partial charge in [0.2, 0.25) is 0 Å². The quantitative estimate of drug-likeness (QED) is 0.150. The summed E-state index contributed by atoms with van der Waals surface area (Å²) in [5.74, 6) is 1.49. The summed E-state index contributed by atoms with van der Waals surface area (Å²) >= 11 is 4.37. The van der Waals surface area contributed by atoms with Crippen LogP contribution < -0.4 is 14.3 Å². The summed E-state index contributed by atoms with van der Waals surface area (Å²) in [6.07, 6.45) is 1.76. The van der Waals surface area contributed by atoms with Crippen molar-refractivity contribution in [3.05, 3.63) is 56.2 Å². The average Bonchev–Trinajstić information content (AvgIpc) is 2.81. The van der Waals surface area contributed by atoms with E-state index in [1.165, 1.54) is 7.27 Å². The first kappa shape index (κ1) is 29.7. The van der Waals surface area contributed by atoms with Crippen LogP contribution in [0.4, 0.5) is 11.4 Å². The Morgan fingerprint density at radius 3 is 2.12 bits per heavy atom. The van der Waals surface area contributed by atoms with Crippen LogP contribution in [-0.4, -0.2) is 60.8 Å². The van der Waals surface area contributed by atoms with Gasteiger partial charge < -0.3 is 19.3 Å². The van der Waals surface area contributed by atoms with E-state index in [0.717, 1.165) is 30.0 Å². The molecule has 0 aliphatic carbocycles. The third-order valence-corrected chi connectivity index (χ3v) is 6.10. The molecule has 0 bridgehead atoms. The number of rotatable bonds is 12. The van der Waals surface area contributed by atoms with Crippen molar-refractivity contribution >= 4 is 70.9 Å². The van der Waals surface area contributed by atoms with E-state index in [0.29, 0.717) is 6.54 Å². The predicted molar refractivity (Wildman–Crippen MR) is 150 cm³/mol. The fourth-order valence-corrected chi connectivity index (χ4v) is 3.97. The molecule has 0 saturated carbocycles. The van der Waals surface area contributed by atoms with Crippen LogP contribution in [0.25, 0.3) is 0 Å². The summed E-state index contributed by atoms with van der Waals surface area (Å²) in [4.78, 5) is 5.96. The fourth-order valence-electron chi connectivity index (χ4n) is 2.49. The second-order valence-corrected chi connectivity index (χ2v) is 8.48. The summed E-state index contributed by atoms with van der Waals surface area (Å²) < 4.78 is 27.2. The van der Waals surface area contributed by atoms with Gasteiger partial charge in [0.05, 0.1) is 3.57 Å². The summed E-state index contributed by atoms with van der Waals surface area (Å²) in [5.41, 5.74) is 1.73. The molecule has 0 saturated heterocycles. The summed E-state index contributed by atoms with van der Waals surface area (Å²) in [6, 6.07) is 11.3. The molecule has 0 radical (unpaired) electrons. The van der Waals surface area contributed by atoms with Gasteiger partial charge in [-0.05, 0) is 41.5 Å². The molecular formula is C21H28B2I2N2O6. The summed E-state index contributed by atoms with van der Waals surface area (Å²) in [5, 5.41) is 9.80. The van der Waals surface area contributed by atoms with E-state index in [2.05, 4.69) is 56.7 Å². The van der Waals surface area contributed by atoms with Gasteiger partial charge in [0.1, 0.15) is 5.75 Å². The van der Waals surface area contributed by atoms with Crippen LogP contribution in [0, 0.1) is 7.14 Å². The van der Waals surface area contributed by atoms with Crippen molar-refractivity contribution in [3.8, 4) is 11.5 Å². The number of methoxy groups -OCH3 is 2. The molecule has 2 aromatic rings. The van der Waals surface area contributed by atoms with Gasteiger partial charge in [-0.1, -0.05) is 12.1 Å². The first-order valence-electron chi connectivity index (χ1n) is 9.82. The molecule has 0 fully saturated rings. The third kappa shape index (κ3) is 10.2. The Labute approximate surface area is 224 Å². The van der Waals surface area contributed by atoms with Gasteiger partial charge >= 0.3 is 110 Å². The van der Waals surface area contributed by atoms with E-state index in [1.807, 2.05) is 41.2 Å². The Morgan fingerprint density at radius 2 is 1.61 bits per heavy atom. The Kier molecular flexibility index (Phi) is 15.4. The molecule has 1 N–H and O–H groups in total. The number of nitrogens with zero attached hydrogens (tertiary/aromatic N) is 2. The molecule has 8 nitrogen and oxygen atoms in total. The van der Waals surface area contributed by atoms with Gasteiger partial charge in [-0.2, -0.15) is 0 Å². The van der Waals surface area contributed by atoms with Crippen molar-refractivity contribution in [2.75, 3.05) is 46.3 Å². The number of benzene rings is 2. The first-order chi connectivity index (χ1) is 15.9. The molecule has 0 amide bonds. The molecule has 0 spiro atoms. The predicted octanol–water partition coefficient (Wildman–Crippen LogP) is 4.73. The van der Waals surface area contributed by atoms with Crippen molar-refractivity contribution in [2.24, 2.45) is 4.90 Å². The molecule has 12 heteroatoms. The molecule has 2 aromatic carbocycles. The van der Waals surface area contributed by atoms with Crippen molar-refractivity contribution in [2.45, 2.75) is 6.82 Å². The Bertz CT molecular complexity index is 890. The van der Waals surface area contributed by atoms with E-state index in [1.54, 1.807) is 34.2 Å². The molecule has 178 valence electrons. The average molecular weight is 680 g/mol. The van der Waals surface area contributed by atoms with Gasteiger partial charge in [0.25, 0.3) is 0 Å². The van der Waals surface area contributed by atoms with Crippen LogP contribution in [0.3, 0.4) is 0 Å².